The van der Waals surface area contributed by atoms with Gasteiger partial charge in [0.25, 0.3) is 0 Å². The second-order valence-corrected chi connectivity index (χ2v) is 6.43. The summed E-state index contributed by atoms with van der Waals surface area (Å²) in [6.45, 7) is 1.16. The van der Waals surface area contributed by atoms with E-state index in [4.69, 9.17) is 0 Å². The van der Waals surface area contributed by atoms with Crippen LogP contribution in [0.3, 0.4) is 0 Å². The van der Waals surface area contributed by atoms with Crippen LogP contribution < -0.4 is 0 Å². The maximum atomic E-state index is 11.5. The van der Waals surface area contributed by atoms with Crippen molar-refractivity contribution in [1.29, 1.82) is 0 Å². The molecular weight excluding hydrogens is 226 g/mol. The first-order valence-electron chi connectivity index (χ1n) is 7.76. The van der Waals surface area contributed by atoms with E-state index < -0.39 is 5.97 Å². The largest absolute Gasteiger partial charge is 0.481 e. The van der Waals surface area contributed by atoms with Crippen molar-refractivity contribution in [3.63, 3.8) is 0 Å². The minimum atomic E-state index is -0.557. The molecular formula is C15H25NO2. The van der Waals surface area contributed by atoms with Crippen LogP contribution >= 0.6 is 0 Å². The number of aliphatic carboxylic acids is 1. The molecule has 2 saturated carbocycles. The Morgan fingerprint density at radius 2 is 1.56 bits per heavy atom. The lowest BCUT2D eigenvalue weighted by atomic mass is 9.81. The zero-order chi connectivity index (χ0) is 12.5. The van der Waals surface area contributed by atoms with Gasteiger partial charge in [-0.15, -0.1) is 0 Å². The lowest BCUT2D eigenvalue weighted by Crippen LogP contribution is -2.49. The monoisotopic (exact) mass is 251 g/mol. The summed E-state index contributed by atoms with van der Waals surface area (Å²) in [5, 5.41) is 9.44. The quantitative estimate of drug-likeness (QED) is 0.820. The molecule has 18 heavy (non-hydrogen) atoms. The average molecular weight is 251 g/mol. The summed E-state index contributed by atoms with van der Waals surface area (Å²) in [4.78, 5) is 14.1. The number of nitrogens with zero attached hydrogens (tertiary/aromatic N) is 1. The number of likely N-dealkylation sites (tertiary alicyclic amines) is 1. The minimum Gasteiger partial charge on any atom is -0.481 e. The second kappa shape index (κ2) is 5.20. The van der Waals surface area contributed by atoms with Crippen molar-refractivity contribution in [1.82, 2.24) is 4.90 Å². The third kappa shape index (κ3) is 2.18. The van der Waals surface area contributed by atoms with Crippen LogP contribution in [0.2, 0.25) is 0 Å². The number of hydrogen-bond acceptors (Lipinski definition) is 2. The first kappa shape index (κ1) is 12.5. The predicted molar refractivity (Wildman–Crippen MR) is 70.5 cm³/mol. The Labute approximate surface area is 110 Å². The standard InChI is InChI=1S/C15H25NO2/c17-15(18)12-6-2-4-8-14(12)16-10-9-11-5-1-3-7-13(11)16/h11-14H,1-10H2,(H,17,18). The van der Waals surface area contributed by atoms with E-state index in [2.05, 4.69) is 4.90 Å². The van der Waals surface area contributed by atoms with Gasteiger partial charge in [0.1, 0.15) is 0 Å². The molecule has 3 nitrogen and oxygen atoms in total. The SMILES string of the molecule is O=C(O)C1CCCCC1N1CCC2CCCCC21. The van der Waals surface area contributed by atoms with Crippen LogP contribution in [0.1, 0.15) is 57.8 Å². The highest BCUT2D eigenvalue weighted by atomic mass is 16.4. The van der Waals surface area contributed by atoms with Crippen LogP contribution in [0, 0.1) is 11.8 Å². The van der Waals surface area contributed by atoms with Crippen molar-refractivity contribution in [2.75, 3.05) is 6.54 Å². The summed E-state index contributed by atoms with van der Waals surface area (Å²) >= 11 is 0. The molecule has 4 unspecified atom stereocenters. The van der Waals surface area contributed by atoms with E-state index in [1.165, 1.54) is 38.5 Å². The number of carboxylic acid groups (broad SMARTS) is 1. The topological polar surface area (TPSA) is 40.5 Å². The zero-order valence-electron chi connectivity index (χ0n) is 11.2. The van der Waals surface area contributed by atoms with Gasteiger partial charge in [-0.1, -0.05) is 25.7 Å². The molecule has 3 aliphatic rings. The number of hydrogen-bond donors (Lipinski definition) is 1. The Kier molecular flexibility index (Phi) is 3.60. The van der Waals surface area contributed by atoms with Gasteiger partial charge in [-0.3, -0.25) is 9.69 Å². The van der Waals surface area contributed by atoms with Crippen molar-refractivity contribution in [2.24, 2.45) is 11.8 Å². The lowest BCUT2D eigenvalue weighted by Gasteiger charge is -2.41. The molecule has 1 heterocycles. The molecule has 1 aliphatic heterocycles. The van der Waals surface area contributed by atoms with Crippen LogP contribution in [-0.2, 0) is 4.79 Å². The van der Waals surface area contributed by atoms with Crippen molar-refractivity contribution in [3.8, 4) is 0 Å². The molecule has 0 aromatic heterocycles. The Morgan fingerprint density at radius 3 is 2.33 bits per heavy atom. The van der Waals surface area contributed by atoms with Crippen molar-refractivity contribution in [3.05, 3.63) is 0 Å². The van der Waals surface area contributed by atoms with Gasteiger partial charge in [-0.25, -0.2) is 0 Å². The smallest absolute Gasteiger partial charge is 0.308 e. The number of fused-ring (bicyclic) bond motifs is 1. The molecule has 3 heteroatoms. The zero-order valence-corrected chi connectivity index (χ0v) is 11.2. The van der Waals surface area contributed by atoms with Crippen molar-refractivity contribution >= 4 is 5.97 Å². The van der Waals surface area contributed by atoms with Crippen LogP contribution in [0.15, 0.2) is 0 Å². The Hall–Kier alpha value is -0.570. The highest BCUT2D eigenvalue weighted by Gasteiger charge is 2.43. The lowest BCUT2D eigenvalue weighted by molar-refractivity contribution is -0.146. The second-order valence-electron chi connectivity index (χ2n) is 6.43. The van der Waals surface area contributed by atoms with E-state index in [-0.39, 0.29) is 5.92 Å². The van der Waals surface area contributed by atoms with Gasteiger partial charge in [0.15, 0.2) is 0 Å². The van der Waals surface area contributed by atoms with Gasteiger partial charge in [0, 0.05) is 12.1 Å². The molecule has 0 aromatic carbocycles. The van der Waals surface area contributed by atoms with E-state index in [0.29, 0.717) is 12.1 Å². The summed E-state index contributed by atoms with van der Waals surface area (Å²) in [5.41, 5.74) is 0. The van der Waals surface area contributed by atoms with Gasteiger partial charge < -0.3 is 5.11 Å². The van der Waals surface area contributed by atoms with E-state index in [1.807, 2.05) is 0 Å². The molecule has 3 rings (SSSR count). The first-order chi connectivity index (χ1) is 8.77. The van der Waals surface area contributed by atoms with E-state index >= 15 is 0 Å². The van der Waals surface area contributed by atoms with Gasteiger partial charge >= 0.3 is 5.97 Å². The van der Waals surface area contributed by atoms with Crippen molar-refractivity contribution in [2.45, 2.75) is 69.9 Å². The fraction of sp³-hybridized carbons (Fsp3) is 0.933. The highest BCUT2D eigenvalue weighted by Crippen LogP contribution is 2.41. The molecule has 102 valence electrons. The maximum Gasteiger partial charge on any atom is 0.308 e. The van der Waals surface area contributed by atoms with Crippen LogP contribution in [0.5, 0.6) is 0 Å². The summed E-state index contributed by atoms with van der Waals surface area (Å²) in [6, 6.07) is 1.05. The molecule has 0 bridgehead atoms. The van der Waals surface area contributed by atoms with E-state index in [1.54, 1.807) is 0 Å². The Bertz CT molecular complexity index is 318. The van der Waals surface area contributed by atoms with Crippen LogP contribution in [0.25, 0.3) is 0 Å². The first-order valence-corrected chi connectivity index (χ1v) is 7.76. The summed E-state index contributed by atoms with van der Waals surface area (Å²) < 4.78 is 0. The highest BCUT2D eigenvalue weighted by molar-refractivity contribution is 5.71. The molecule has 0 aromatic rings. The summed E-state index contributed by atoms with van der Waals surface area (Å²) in [6.07, 6.45) is 11.1. The van der Waals surface area contributed by atoms with Gasteiger partial charge in [-0.05, 0) is 44.6 Å². The van der Waals surface area contributed by atoms with E-state index in [9.17, 15) is 9.90 Å². The fourth-order valence-corrected chi connectivity index (χ4v) is 4.65. The Morgan fingerprint density at radius 1 is 0.889 bits per heavy atom. The number of carboxylic acids is 1. The fourth-order valence-electron chi connectivity index (χ4n) is 4.65. The minimum absolute atomic E-state index is 0.0978. The predicted octanol–water partition coefficient (Wildman–Crippen LogP) is 2.89. The summed E-state index contributed by atoms with van der Waals surface area (Å²) in [5.74, 6) is 0.216. The van der Waals surface area contributed by atoms with Gasteiger partial charge in [0.05, 0.1) is 5.92 Å². The molecule has 0 amide bonds. The van der Waals surface area contributed by atoms with Crippen molar-refractivity contribution < 1.29 is 9.90 Å². The average Bonchev–Trinajstić information content (AvgIpc) is 2.82. The van der Waals surface area contributed by atoms with Gasteiger partial charge in [-0.2, -0.15) is 0 Å². The van der Waals surface area contributed by atoms with Crippen LogP contribution in [0.4, 0.5) is 0 Å². The maximum absolute atomic E-state index is 11.5. The molecule has 0 radical (unpaired) electrons. The van der Waals surface area contributed by atoms with Gasteiger partial charge in [0.2, 0.25) is 0 Å². The number of carbonyl (C=O) groups is 1. The summed E-state index contributed by atoms with van der Waals surface area (Å²) in [7, 11) is 0. The normalized spacial score (nSPS) is 41.6. The van der Waals surface area contributed by atoms with E-state index in [0.717, 1.165) is 31.7 Å². The molecule has 4 atom stereocenters. The van der Waals surface area contributed by atoms with Crippen LogP contribution in [-0.4, -0.2) is 34.6 Å². The third-order valence-electron chi connectivity index (χ3n) is 5.53. The molecule has 2 aliphatic carbocycles. The molecule has 1 saturated heterocycles. The molecule has 0 spiro atoms. The number of rotatable bonds is 2. The molecule has 1 N–H and O–H groups in total. The molecule has 3 fully saturated rings. The third-order valence-corrected chi connectivity index (χ3v) is 5.53. The Balaban J connectivity index is 1.74.